The summed E-state index contributed by atoms with van der Waals surface area (Å²) in [5, 5.41) is 3.46. The van der Waals surface area contributed by atoms with E-state index < -0.39 is 0 Å². The van der Waals surface area contributed by atoms with Crippen LogP contribution in [0.25, 0.3) is 0 Å². The van der Waals surface area contributed by atoms with Crippen molar-refractivity contribution in [3.8, 4) is 0 Å². The van der Waals surface area contributed by atoms with Gasteiger partial charge in [-0.25, -0.2) is 9.78 Å². The Morgan fingerprint density at radius 2 is 2.26 bits per heavy atom. The number of hydrogen-bond acceptors (Lipinski definition) is 2. The van der Waals surface area contributed by atoms with Gasteiger partial charge in [-0.2, -0.15) is 0 Å². The van der Waals surface area contributed by atoms with Crippen LogP contribution >= 0.6 is 11.6 Å². The minimum Gasteiger partial charge on any atom is -0.338 e. The van der Waals surface area contributed by atoms with Crippen LogP contribution in [0.3, 0.4) is 0 Å². The van der Waals surface area contributed by atoms with Gasteiger partial charge in [0.05, 0.1) is 10.7 Å². The number of aryl methyl sites for hydroxylation is 1. The van der Waals surface area contributed by atoms with Gasteiger partial charge in [0.25, 0.3) is 0 Å². The van der Waals surface area contributed by atoms with Crippen molar-refractivity contribution in [2.45, 2.75) is 19.3 Å². The second kappa shape index (κ2) is 7.04. The number of hydrogen-bond donors (Lipinski definition) is 1. The van der Waals surface area contributed by atoms with E-state index in [-0.39, 0.29) is 6.03 Å². The molecule has 1 aliphatic rings. The Kier molecular flexibility index (Phi) is 4.86. The molecule has 1 saturated heterocycles. The van der Waals surface area contributed by atoms with Crippen LogP contribution in [-0.2, 0) is 13.5 Å². The molecule has 1 aromatic carbocycles. The van der Waals surface area contributed by atoms with E-state index in [1.807, 2.05) is 47.1 Å². The van der Waals surface area contributed by atoms with Gasteiger partial charge in [0, 0.05) is 39.0 Å². The quantitative estimate of drug-likeness (QED) is 0.934. The van der Waals surface area contributed by atoms with Crippen LogP contribution in [0.15, 0.2) is 36.7 Å². The van der Waals surface area contributed by atoms with Crippen LogP contribution in [0.2, 0.25) is 5.02 Å². The number of carbonyl (C=O) groups is 1. The van der Waals surface area contributed by atoms with E-state index in [0.29, 0.717) is 16.6 Å². The number of urea groups is 1. The zero-order valence-electron chi connectivity index (χ0n) is 13.2. The summed E-state index contributed by atoms with van der Waals surface area (Å²) in [6, 6.07) is 7.22. The van der Waals surface area contributed by atoms with Gasteiger partial charge in [-0.05, 0) is 30.9 Å². The predicted octanol–water partition coefficient (Wildman–Crippen LogP) is 3.56. The van der Waals surface area contributed by atoms with E-state index in [1.165, 1.54) is 0 Å². The number of amides is 2. The number of nitrogens with zero attached hydrogens (tertiary/aromatic N) is 3. The minimum atomic E-state index is -0.0809. The summed E-state index contributed by atoms with van der Waals surface area (Å²) >= 11 is 6.10. The second-order valence-electron chi connectivity index (χ2n) is 6.02. The number of rotatable bonds is 3. The minimum absolute atomic E-state index is 0.0809. The monoisotopic (exact) mass is 332 g/mol. The van der Waals surface area contributed by atoms with E-state index in [4.69, 9.17) is 11.6 Å². The third kappa shape index (κ3) is 3.85. The molecule has 6 heteroatoms. The van der Waals surface area contributed by atoms with Crippen LogP contribution < -0.4 is 5.32 Å². The lowest BCUT2D eigenvalue weighted by Gasteiger charge is -2.32. The van der Waals surface area contributed by atoms with Crippen molar-refractivity contribution >= 4 is 23.3 Å². The van der Waals surface area contributed by atoms with Gasteiger partial charge < -0.3 is 14.8 Å². The van der Waals surface area contributed by atoms with Crippen molar-refractivity contribution in [1.82, 2.24) is 14.5 Å². The highest BCUT2D eigenvalue weighted by atomic mass is 35.5. The molecular weight excluding hydrogens is 312 g/mol. The van der Waals surface area contributed by atoms with Crippen LogP contribution in [0.5, 0.6) is 0 Å². The molecule has 0 unspecified atom stereocenters. The van der Waals surface area contributed by atoms with E-state index in [2.05, 4.69) is 10.3 Å². The third-order valence-corrected chi connectivity index (χ3v) is 4.64. The van der Waals surface area contributed by atoms with E-state index in [9.17, 15) is 4.79 Å². The first kappa shape index (κ1) is 15.9. The maximum Gasteiger partial charge on any atom is 0.321 e. The SMILES string of the molecule is Cn1ccnc1C[C@H]1CCCN(C(=O)Nc2ccccc2Cl)C1. The molecule has 23 heavy (non-hydrogen) atoms. The van der Waals surface area contributed by atoms with E-state index in [1.54, 1.807) is 6.07 Å². The Balaban J connectivity index is 1.60. The largest absolute Gasteiger partial charge is 0.338 e. The number of aromatic nitrogens is 2. The smallest absolute Gasteiger partial charge is 0.321 e. The number of benzene rings is 1. The molecule has 2 heterocycles. The molecule has 3 rings (SSSR count). The fourth-order valence-corrected chi connectivity index (χ4v) is 3.21. The Bertz CT molecular complexity index is 685. The van der Waals surface area contributed by atoms with Gasteiger partial charge in [-0.1, -0.05) is 23.7 Å². The molecule has 1 aliphatic heterocycles. The van der Waals surface area contributed by atoms with Gasteiger partial charge >= 0.3 is 6.03 Å². The van der Waals surface area contributed by atoms with E-state index in [0.717, 1.165) is 38.2 Å². The number of piperidine rings is 1. The maximum atomic E-state index is 12.5. The molecular formula is C17H21ClN4O. The topological polar surface area (TPSA) is 50.2 Å². The predicted molar refractivity (Wildman–Crippen MR) is 91.7 cm³/mol. The van der Waals surface area contributed by atoms with Crippen LogP contribution in [0.4, 0.5) is 10.5 Å². The molecule has 2 aromatic rings. The van der Waals surface area contributed by atoms with E-state index >= 15 is 0 Å². The van der Waals surface area contributed by atoms with Gasteiger partial charge in [0.1, 0.15) is 5.82 Å². The number of imidazole rings is 1. The van der Waals surface area contributed by atoms with Crippen molar-refractivity contribution in [2.24, 2.45) is 13.0 Å². The molecule has 1 N–H and O–H groups in total. The second-order valence-corrected chi connectivity index (χ2v) is 6.43. The lowest BCUT2D eigenvalue weighted by atomic mass is 9.94. The Morgan fingerprint density at radius 1 is 1.43 bits per heavy atom. The summed E-state index contributed by atoms with van der Waals surface area (Å²) < 4.78 is 2.04. The Labute approximate surface area is 141 Å². The standard InChI is InChI=1S/C17H21ClN4O/c1-21-10-8-19-16(21)11-13-5-4-9-22(12-13)17(23)20-15-7-3-2-6-14(15)18/h2-3,6-8,10,13H,4-5,9,11-12H2,1H3,(H,20,23)/t13-/m1/s1. The fourth-order valence-electron chi connectivity index (χ4n) is 3.02. The molecule has 0 spiro atoms. The molecule has 1 aromatic heterocycles. The van der Waals surface area contributed by atoms with Crippen LogP contribution in [0, 0.1) is 5.92 Å². The summed E-state index contributed by atoms with van der Waals surface area (Å²) in [6.07, 6.45) is 6.83. The molecule has 5 nitrogen and oxygen atoms in total. The number of anilines is 1. The molecule has 0 saturated carbocycles. The zero-order valence-corrected chi connectivity index (χ0v) is 14.0. The first-order chi connectivity index (χ1) is 11.1. The van der Waals surface area contributed by atoms with Crippen LogP contribution in [-0.4, -0.2) is 33.6 Å². The normalized spacial score (nSPS) is 18.0. The third-order valence-electron chi connectivity index (χ3n) is 4.31. The molecule has 1 fully saturated rings. The maximum absolute atomic E-state index is 12.5. The number of nitrogens with one attached hydrogen (secondary N) is 1. The summed E-state index contributed by atoms with van der Waals surface area (Å²) in [4.78, 5) is 18.7. The van der Waals surface area contributed by atoms with Crippen molar-refractivity contribution in [1.29, 1.82) is 0 Å². The summed E-state index contributed by atoms with van der Waals surface area (Å²) in [7, 11) is 2.01. The molecule has 2 amide bonds. The van der Waals surface area contributed by atoms with Gasteiger partial charge in [0.15, 0.2) is 0 Å². The van der Waals surface area contributed by atoms with Crippen molar-refractivity contribution in [2.75, 3.05) is 18.4 Å². The Morgan fingerprint density at radius 3 is 3.00 bits per heavy atom. The summed E-state index contributed by atoms with van der Waals surface area (Å²) in [5.41, 5.74) is 0.658. The molecule has 0 radical (unpaired) electrons. The highest BCUT2D eigenvalue weighted by Crippen LogP contribution is 2.23. The number of likely N-dealkylation sites (tertiary alicyclic amines) is 1. The summed E-state index contributed by atoms with van der Waals surface area (Å²) in [5.74, 6) is 1.52. The molecule has 0 aliphatic carbocycles. The van der Waals surface area contributed by atoms with Gasteiger partial charge in [-0.3, -0.25) is 0 Å². The zero-order chi connectivity index (χ0) is 16.2. The molecule has 1 atom stereocenters. The Hall–Kier alpha value is -2.01. The molecule has 0 bridgehead atoms. The number of halogens is 1. The lowest BCUT2D eigenvalue weighted by Crippen LogP contribution is -2.43. The first-order valence-electron chi connectivity index (χ1n) is 7.90. The van der Waals surface area contributed by atoms with Crippen LogP contribution in [0.1, 0.15) is 18.7 Å². The number of carbonyl (C=O) groups excluding carboxylic acids is 1. The lowest BCUT2D eigenvalue weighted by molar-refractivity contribution is 0.176. The van der Waals surface area contributed by atoms with Crippen molar-refractivity contribution in [3.05, 3.63) is 47.5 Å². The van der Waals surface area contributed by atoms with Gasteiger partial charge in [0.2, 0.25) is 0 Å². The highest BCUT2D eigenvalue weighted by Gasteiger charge is 2.25. The first-order valence-corrected chi connectivity index (χ1v) is 8.28. The fraction of sp³-hybridized carbons (Fsp3) is 0.412. The van der Waals surface area contributed by atoms with Gasteiger partial charge in [-0.15, -0.1) is 0 Å². The number of para-hydroxylation sites is 1. The van der Waals surface area contributed by atoms with Crippen molar-refractivity contribution in [3.63, 3.8) is 0 Å². The molecule has 122 valence electrons. The average Bonchev–Trinajstić information content (AvgIpc) is 2.95. The average molecular weight is 333 g/mol. The highest BCUT2D eigenvalue weighted by molar-refractivity contribution is 6.33. The van der Waals surface area contributed by atoms with Crippen molar-refractivity contribution < 1.29 is 4.79 Å². The summed E-state index contributed by atoms with van der Waals surface area (Å²) in [6.45, 7) is 1.54.